The Bertz CT molecular complexity index is 591. The molecule has 0 spiro atoms. The summed E-state index contributed by atoms with van der Waals surface area (Å²) in [5.74, 6) is -0.145. The largest absolute Gasteiger partial charge is 0.389 e. The van der Waals surface area contributed by atoms with Gasteiger partial charge in [0.15, 0.2) is 0 Å². The monoisotopic (exact) mass is 276 g/mol. The van der Waals surface area contributed by atoms with Crippen molar-refractivity contribution >= 4 is 40.1 Å². The van der Waals surface area contributed by atoms with Crippen molar-refractivity contribution < 1.29 is 4.79 Å². The van der Waals surface area contributed by atoms with E-state index in [0.29, 0.717) is 10.6 Å². The molecule has 0 fully saturated rings. The van der Waals surface area contributed by atoms with Gasteiger partial charge in [-0.3, -0.25) is 4.79 Å². The van der Waals surface area contributed by atoms with Gasteiger partial charge in [0.2, 0.25) is 0 Å². The van der Waals surface area contributed by atoms with Gasteiger partial charge in [0.05, 0.1) is 10.6 Å². The molecule has 1 amide bonds. The van der Waals surface area contributed by atoms with Crippen molar-refractivity contribution in [2.45, 2.75) is 6.92 Å². The molecule has 0 aliphatic rings. The maximum atomic E-state index is 12.0. The molecular formula is C13H12N2OS2. The first-order valence-corrected chi connectivity index (χ1v) is 6.62. The Morgan fingerprint density at radius 2 is 2.11 bits per heavy atom. The fraction of sp³-hybridized carbons (Fsp3) is 0.0769. The number of rotatable bonds is 3. The molecule has 0 saturated carbocycles. The number of thiophene rings is 1. The molecule has 1 aromatic heterocycles. The molecule has 0 radical (unpaired) electrons. The van der Waals surface area contributed by atoms with Gasteiger partial charge in [-0.15, -0.1) is 11.3 Å². The highest BCUT2D eigenvalue weighted by atomic mass is 32.1. The van der Waals surface area contributed by atoms with Crippen molar-refractivity contribution in [3.63, 3.8) is 0 Å². The first-order chi connectivity index (χ1) is 8.59. The highest BCUT2D eigenvalue weighted by Gasteiger charge is 2.12. The molecule has 0 bridgehead atoms. The molecule has 0 aliphatic carbocycles. The number of benzene rings is 1. The summed E-state index contributed by atoms with van der Waals surface area (Å²) in [5, 5.41) is 4.70. The minimum absolute atomic E-state index is 0.145. The van der Waals surface area contributed by atoms with Crippen molar-refractivity contribution in [1.82, 2.24) is 0 Å². The third-order valence-corrected chi connectivity index (χ3v) is 3.59. The lowest BCUT2D eigenvalue weighted by Gasteiger charge is -2.11. The lowest BCUT2D eigenvalue weighted by molar-refractivity contribution is 0.103. The van der Waals surface area contributed by atoms with Crippen LogP contribution in [-0.4, -0.2) is 10.9 Å². The second-order valence-corrected chi connectivity index (χ2v) is 5.18. The molecule has 18 heavy (non-hydrogen) atoms. The fourth-order valence-corrected chi connectivity index (χ4v) is 2.58. The van der Waals surface area contributed by atoms with E-state index in [2.05, 4.69) is 5.32 Å². The van der Waals surface area contributed by atoms with Gasteiger partial charge in [0.1, 0.15) is 4.99 Å². The smallest absolute Gasteiger partial charge is 0.265 e. The summed E-state index contributed by atoms with van der Waals surface area (Å²) in [7, 11) is 0. The first kappa shape index (κ1) is 12.7. The van der Waals surface area contributed by atoms with E-state index in [4.69, 9.17) is 18.0 Å². The average molecular weight is 276 g/mol. The lowest BCUT2D eigenvalue weighted by Crippen LogP contribution is -2.18. The van der Waals surface area contributed by atoms with E-state index < -0.39 is 0 Å². The van der Waals surface area contributed by atoms with Crippen LogP contribution in [0, 0.1) is 6.92 Å². The van der Waals surface area contributed by atoms with E-state index in [1.807, 2.05) is 30.5 Å². The van der Waals surface area contributed by atoms with Crippen LogP contribution in [0.4, 0.5) is 5.69 Å². The van der Waals surface area contributed by atoms with E-state index in [-0.39, 0.29) is 10.9 Å². The van der Waals surface area contributed by atoms with Gasteiger partial charge in [-0.05, 0) is 30.0 Å². The van der Waals surface area contributed by atoms with E-state index in [0.717, 1.165) is 11.1 Å². The Kier molecular flexibility index (Phi) is 3.74. The molecule has 0 saturated heterocycles. The van der Waals surface area contributed by atoms with E-state index in [9.17, 15) is 4.79 Å². The number of anilines is 1. The summed E-state index contributed by atoms with van der Waals surface area (Å²) in [6, 6.07) is 9.18. The Morgan fingerprint density at radius 1 is 1.33 bits per heavy atom. The SMILES string of the molecule is Cc1cccc(NC(=O)c2cccs2)c1C(N)=S. The number of thiocarbonyl (C=S) groups is 1. The van der Waals surface area contributed by atoms with Gasteiger partial charge in [0, 0.05) is 5.56 Å². The van der Waals surface area contributed by atoms with Crippen LogP contribution in [0.1, 0.15) is 20.8 Å². The van der Waals surface area contributed by atoms with Gasteiger partial charge in [-0.1, -0.05) is 30.4 Å². The molecule has 0 atom stereocenters. The zero-order valence-electron chi connectivity index (χ0n) is 9.77. The Labute approximate surface area is 115 Å². The van der Waals surface area contributed by atoms with Crippen LogP contribution in [0.3, 0.4) is 0 Å². The Morgan fingerprint density at radius 3 is 2.72 bits per heavy atom. The maximum Gasteiger partial charge on any atom is 0.265 e. The number of carbonyl (C=O) groups excluding carboxylic acids is 1. The van der Waals surface area contributed by atoms with Crippen LogP contribution in [0.25, 0.3) is 0 Å². The van der Waals surface area contributed by atoms with Crippen LogP contribution in [0.5, 0.6) is 0 Å². The third kappa shape index (κ3) is 2.57. The second-order valence-electron chi connectivity index (χ2n) is 3.79. The predicted molar refractivity (Wildman–Crippen MR) is 79.3 cm³/mol. The minimum Gasteiger partial charge on any atom is -0.389 e. The van der Waals surface area contributed by atoms with E-state index >= 15 is 0 Å². The summed E-state index contributed by atoms with van der Waals surface area (Å²) in [5.41, 5.74) is 8.02. The number of nitrogens with two attached hydrogens (primary N) is 1. The summed E-state index contributed by atoms with van der Waals surface area (Å²) in [6.45, 7) is 1.91. The Hall–Kier alpha value is -1.72. The maximum absolute atomic E-state index is 12.0. The van der Waals surface area contributed by atoms with Crippen LogP contribution < -0.4 is 11.1 Å². The lowest BCUT2D eigenvalue weighted by atomic mass is 10.1. The Balaban J connectivity index is 2.32. The van der Waals surface area contributed by atoms with Crippen molar-refractivity contribution in [2.75, 3.05) is 5.32 Å². The summed E-state index contributed by atoms with van der Waals surface area (Å²) in [6.07, 6.45) is 0. The standard InChI is InChI=1S/C13H12N2OS2/c1-8-4-2-5-9(11(8)12(14)17)15-13(16)10-6-3-7-18-10/h2-7H,1H3,(H2,14,17)(H,15,16). The molecule has 3 N–H and O–H groups in total. The quantitative estimate of drug-likeness (QED) is 0.847. The number of aryl methyl sites for hydroxylation is 1. The van der Waals surface area contributed by atoms with Crippen molar-refractivity contribution in [3.8, 4) is 0 Å². The van der Waals surface area contributed by atoms with Gasteiger partial charge in [-0.25, -0.2) is 0 Å². The zero-order valence-corrected chi connectivity index (χ0v) is 11.4. The zero-order chi connectivity index (χ0) is 13.1. The molecule has 3 nitrogen and oxygen atoms in total. The van der Waals surface area contributed by atoms with Gasteiger partial charge in [0.25, 0.3) is 5.91 Å². The summed E-state index contributed by atoms with van der Waals surface area (Å²) in [4.78, 5) is 12.9. The highest BCUT2D eigenvalue weighted by Crippen LogP contribution is 2.21. The van der Waals surface area contributed by atoms with Crippen LogP contribution in [-0.2, 0) is 0 Å². The van der Waals surface area contributed by atoms with Gasteiger partial charge >= 0.3 is 0 Å². The van der Waals surface area contributed by atoms with Crippen LogP contribution in [0.2, 0.25) is 0 Å². The topological polar surface area (TPSA) is 55.1 Å². The first-order valence-electron chi connectivity index (χ1n) is 5.34. The van der Waals surface area contributed by atoms with Gasteiger partial charge in [-0.2, -0.15) is 0 Å². The van der Waals surface area contributed by atoms with Crippen molar-refractivity contribution in [2.24, 2.45) is 5.73 Å². The fourth-order valence-electron chi connectivity index (χ4n) is 1.69. The second kappa shape index (κ2) is 5.29. The molecule has 1 aromatic carbocycles. The molecule has 2 rings (SSSR count). The summed E-state index contributed by atoms with van der Waals surface area (Å²) < 4.78 is 0. The average Bonchev–Trinajstić information content (AvgIpc) is 2.81. The molecule has 5 heteroatoms. The third-order valence-electron chi connectivity index (χ3n) is 2.51. The molecule has 92 valence electrons. The van der Waals surface area contributed by atoms with E-state index in [1.165, 1.54) is 11.3 Å². The van der Waals surface area contributed by atoms with E-state index in [1.54, 1.807) is 12.1 Å². The molecule has 2 aromatic rings. The molecule has 0 aliphatic heterocycles. The number of hydrogen-bond acceptors (Lipinski definition) is 3. The normalized spacial score (nSPS) is 10.1. The predicted octanol–water partition coefficient (Wildman–Crippen LogP) is 2.94. The minimum atomic E-state index is -0.145. The number of hydrogen-bond donors (Lipinski definition) is 2. The summed E-state index contributed by atoms with van der Waals surface area (Å²) >= 11 is 6.41. The molecular weight excluding hydrogens is 264 g/mol. The number of carbonyl (C=O) groups is 1. The van der Waals surface area contributed by atoms with Gasteiger partial charge < -0.3 is 11.1 Å². The van der Waals surface area contributed by atoms with Crippen molar-refractivity contribution in [3.05, 3.63) is 51.7 Å². The molecule has 1 heterocycles. The van der Waals surface area contributed by atoms with Crippen LogP contribution >= 0.6 is 23.6 Å². The highest BCUT2D eigenvalue weighted by molar-refractivity contribution is 7.80. The number of nitrogens with one attached hydrogen (secondary N) is 1. The number of amides is 1. The molecule has 0 unspecified atom stereocenters. The van der Waals surface area contributed by atoms with Crippen molar-refractivity contribution in [1.29, 1.82) is 0 Å². The van der Waals surface area contributed by atoms with Crippen LogP contribution in [0.15, 0.2) is 35.7 Å².